The summed E-state index contributed by atoms with van der Waals surface area (Å²) in [6, 6.07) is 8.99. The Morgan fingerprint density at radius 3 is 2.22 bits per heavy atom. The van der Waals surface area contributed by atoms with Crippen LogP contribution in [0.2, 0.25) is 0 Å². The van der Waals surface area contributed by atoms with Gasteiger partial charge in [-0.1, -0.05) is 12.8 Å². The predicted molar refractivity (Wildman–Crippen MR) is 94.8 cm³/mol. The van der Waals surface area contributed by atoms with Crippen molar-refractivity contribution in [3.8, 4) is 5.75 Å². The third kappa shape index (κ3) is 9.39. The number of benzene rings is 1. The van der Waals surface area contributed by atoms with Crippen LogP contribution in [-0.4, -0.2) is 41.3 Å². The summed E-state index contributed by atoms with van der Waals surface area (Å²) in [5.41, 5.74) is 0. The molecule has 1 saturated carbocycles. The molecule has 3 N–H and O–H groups in total. The SMILES string of the molecule is Ic1ccc(OCCCNC2CCCC2)cc1.O=C(O)C(=O)O. The van der Waals surface area contributed by atoms with Crippen LogP contribution in [0, 0.1) is 3.57 Å². The zero-order valence-electron chi connectivity index (χ0n) is 12.8. The molecule has 0 saturated heterocycles. The number of aliphatic carboxylic acids is 2. The highest BCUT2D eigenvalue weighted by Crippen LogP contribution is 2.17. The van der Waals surface area contributed by atoms with E-state index in [1.165, 1.54) is 29.3 Å². The van der Waals surface area contributed by atoms with Gasteiger partial charge in [0.05, 0.1) is 6.61 Å². The zero-order chi connectivity index (χ0) is 17.1. The van der Waals surface area contributed by atoms with Gasteiger partial charge < -0.3 is 20.3 Å². The van der Waals surface area contributed by atoms with Gasteiger partial charge in [0, 0.05) is 9.61 Å². The van der Waals surface area contributed by atoms with Crippen molar-refractivity contribution in [1.29, 1.82) is 0 Å². The van der Waals surface area contributed by atoms with Gasteiger partial charge in [-0.15, -0.1) is 0 Å². The largest absolute Gasteiger partial charge is 0.494 e. The van der Waals surface area contributed by atoms with E-state index in [-0.39, 0.29) is 0 Å². The monoisotopic (exact) mass is 435 g/mol. The summed E-state index contributed by atoms with van der Waals surface area (Å²) in [5.74, 6) is -2.67. The predicted octanol–water partition coefficient (Wildman–Crippen LogP) is 2.75. The number of hydrogen-bond acceptors (Lipinski definition) is 4. The Labute approximate surface area is 149 Å². The van der Waals surface area contributed by atoms with Gasteiger partial charge in [0.1, 0.15) is 5.75 Å². The van der Waals surface area contributed by atoms with Crippen LogP contribution in [0.3, 0.4) is 0 Å². The maximum Gasteiger partial charge on any atom is 0.414 e. The molecule has 23 heavy (non-hydrogen) atoms. The molecule has 0 aliphatic heterocycles. The molecule has 0 radical (unpaired) electrons. The number of carboxylic acids is 2. The molecule has 0 spiro atoms. The number of hydrogen-bond donors (Lipinski definition) is 3. The lowest BCUT2D eigenvalue weighted by Crippen LogP contribution is -2.27. The molecule has 1 aliphatic carbocycles. The summed E-state index contributed by atoms with van der Waals surface area (Å²) < 4.78 is 6.93. The molecule has 1 aliphatic rings. The van der Waals surface area contributed by atoms with Crippen LogP contribution >= 0.6 is 22.6 Å². The molecule has 1 fully saturated rings. The fraction of sp³-hybridized carbons (Fsp3) is 0.500. The molecular formula is C16H22INO5. The molecule has 6 nitrogen and oxygen atoms in total. The third-order valence-corrected chi connectivity index (χ3v) is 4.09. The number of ether oxygens (including phenoxy) is 1. The summed E-state index contributed by atoms with van der Waals surface area (Å²) in [6.07, 6.45) is 6.60. The summed E-state index contributed by atoms with van der Waals surface area (Å²) >= 11 is 2.30. The Bertz CT molecular complexity index is 474. The van der Waals surface area contributed by atoms with E-state index in [4.69, 9.17) is 24.5 Å². The van der Waals surface area contributed by atoms with Crippen LogP contribution in [-0.2, 0) is 9.59 Å². The van der Waals surface area contributed by atoms with E-state index in [1.807, 2.05) is 12.1 Å². The van der Waals surface area contributed by atoms with Gasteiger partial charge in [0.2, 0.25) is 0 Å². The Hall–Kier alpha value is -1.35. The number of nitrogens with one attached hydrogen (secondary N) is 1. The first-order chi connectivity index (χ1) is 11.0. The number of carbonyl (C=O) groups is 2. The van der Waals surface area contributed by atoms with Crippen molar-refractivity contribution in [3.63, 3.8) is 0 Å². The maximum atomic E-state index is 9.10. The van der Waals surface area contributed by atoms with Gasteiger partial charge in [0.25, 0.3) is 0 Å². The first-order valence-corrected chi connectivity index (χ1v) is 8.65. The minimum Gasteiger partial charge on any atom is -0.494 e. The number of halogens is 1. The average molecular weight is 435 g/mol. The van der Waals surface area contributed by atoms with Crippen molar-refractivity contribution in [3.05, 3.63) is 27.8 Å². The van der Waals surface area contributed by atoms with E-state index in [2.05, 4.69) is 40.0 Å². The Balaban J connectivity index is 0.000000379. The molecule has 1 aromatic carbocycles. The molecule has 0 bridgehead atoms. The third-order valence-electron chi connectivity index (χ3n) is 3.37. The second-order valence-corrected chi connectivity index (χ2v) is 6.45. The molecule has 0 unspecified atom stereocenters. The lowest BCUT2D eigenvalue weighted by molar-refractivity contribution is -0.159. The van der Waals surface area contributed by atoms with Crippen molar-refractivity contribution in [2.24, 2.45) is 0 Å². The minimum absolute atomic E-state index is 0.772. The van der Waals surface area contributed by atoms with Crippen LogP contribution in [0.4, 0.5) is 0 Å². The second-order valence-electron chi connectivity index (χ2n) is 5.20. The molecule has 7 heteroatoms. The van der Waals surface area contributed by atoms with Gasteiger partial charge in [-0.3, -0.25) is 0 Å². The Kier molecular flexibility index (Phi) is 9.61. The highest BCUT2D eigenvalue weighted by Gasteiger charge is 2.13. The highest BCUT2D eigenvalue weighted by atomic mass is 127. The maximum absolute atomic E-state index is 9.10. The van der Waals surface area contributed by atoms with Crippen molar-refractivity contribution in [2.45, 2.75) is 38.1 Å². The lowest BCUT2D eigenvalue weighted by Gasteiger charge is -2.11. The van der Waals surface area contributed by atoms with Gasteiger partial charge in [0.15, 0.2) is 0 Å². The van der Waals surface area contributed by atoms with Gasteiger partial charge in [-0.25, -0.2) is 9.59 Å². The van der Waals surface area contributed by atoms with E-state index in [9.17, 15) is 0 Å². The second kappa shape index (κ2) is 11.2. The standard InChI is InChI=1S/C14H20INO.C2H2O4/c15-12-6-8-14(9-7-12)17-11-3-10-16-13-4-1-2-5-13;3-1(4)2(5)6/h6-9,13,16H,1-5,10-11H2;(H,3,4)(H,5,6). The van der Waals surface area contributed by atoms with Crippen molar-refractivity contribution < 1.29 is 24.5 Å². The van der Waals surface area contributed by atoms with Crippen LogP contribution in [0.1, 0.15) is 32.1 Å². The fourth-order valence-corrected chi connectivity index (χ4v) is 2.59. The van der Waals surface area contributed by atoms with Crippen molar-refractivity contribution >= 4 is 34.5 Å². The lowest BCUT2D eigenvalue weighted by atomic mass is 10.2. The van der Waals surface area contributed by atoms with Crippen LogP contribution in [0.25, 0.3) is 0 Å². The fourth-order valence-electron chi connectivity index (χ4n) is 2.23. The van der Waals surface area contributed by atoms with E-state index < -0.39 is 11.9 Å². The number of rotatable bonds is 6. The topological polar surface area (TPSA) is 95.9 Å². The smallest absolute Gasteiger partial charge is 0.414 e. The first kappa shape index (κ1) is 19.7. The van der Waals surface area contributed by atoms with Crippen LogP contribution in [0.5, 0.6) is 5.75 Å². The highest BCUT2D eigenvalue weighted by molar-refractivity contribution is 14.1. The summed E-state index contributed by atoms with van der Waals surface area (Å²) in [6.45, 7) is 1.88. The number of carboxylic acid groups (broad SMARTS) is 2. The van der Waals surface area contributed by atoms with E-state index in [0.29, 0.717) is 0 Å². The summed E-state index contributed by atoms with van der Waals surface area (Å²) in [5, 5.41) is 18.4. The van der Waals surface area contributed by atoms with Gasteiger partial charge in [-0.05, 0) is 72.7 Å². The molecule has 0 amide bonds. The van der Waals surface area contributed by atoms with Gasteiger partial charge >= 0.3 is 11.9 Å². The molecule has 0 atom stereocenters. The normalized spacial score (nSPS) is 14.0. The summed E-state index contributed by atoms with van der Waals surface area (Å²) in [4.78, 5) is 18.2. The first-order valence-electron chi connectivity index (χ1n) is 7.57. The van der Waals surface area contributed by atoms with Crippen molar-refractivity contribution in [2.75, 3.05) is 13.2 Å². The molecule has 1 aromatic rings. The Morgan fingerprint density at radius 1 is 1.13 bits per heavy atom. The molecule has 128 valence electrons. The minimum atomic E-state index is -1.82. The summed E-state index contributed by atoms with van der Waals surface area (Å²) in [7, 11) is 0. The average Bonchev–Trinajstić information content (AvgIpc) is 3.02. The Morgan fingerprint density at radius 2 is 1.70 bits per heavy atom. The quantitative estimate of drug-likeness (QED) is 0.362. The van der Waals surface area contributed by atoms with E-state index in [0.717, 1.165) is 31.4 Å². The van der Waals surface area contributed by atoms with Crippen LogP contribution in [0.15, 0.2) is 24.3 Å². The molecule has 2 rings (SSSR count). The van der Waals surface area contributed by atoms with Crippen LogP contribution < -0.4 is 10.1 Å². The molecular weight excluding hydrogens is 413 g/mol. The van der Waals surface area contributed by atoms with E-state index in [1.54, 1.807) is 0 Å². The molecule has 0 aromatic heterocycles. The molecule has 0 heterocycles. The van der Waals surface area contributed by atoms with Crippen molar-refractivity contribution in [1.82, 2.24) is 5.32 Å². The van der Waals surface area contributed by atoms with E-state index >= 15 is 0 Å². The zero-order valence-corrected chi connectivity index (χ0v) is 15.0. The van der Waals surface area contributed by atoms with Gasteiger partial charge in [-0.2, -0.15) is 0 Å².